The summed E-state index contributed by atoms with van der Waals surface area (Å²) in [5, 5.41) is 8.05. The minimum absolute atomic E-state index is 0.300. The molecule has 2 N–H and O–H groups in total. The molecule has 1 aromatic heterocycles. The molecule has 0 radical (unpaired) electrons. The van der Waals surface area contributed by atoms with Gasteiger partial charge in [0.1, 0.15) is 12.4 Å². The van der Waals surface area contributed by atoms with Crippen LogP contribution in [0.2, 0.25) is 0 Å². The van der Waals surface area contributed by atoms with E-state index in [1.54, 1.807) is 6.07 Å². The number of H-pyrrole nitrogens is 1. The van der Waals surface area contributed by atoms with Gasteiger partial charge in [0.2, 0.25) is 0 Å². The van der Waals surface area contributed by atoms with Gasteiger partial charge in [0.05, 0.1) is 11.1 Å². The van der Waals surface area contributed by atoms with E-state index in [0.29, 0.717) is 28.8 Å². The van der Waals surface area contributed by atoms with Crippen molar-refractivity contribution in [2.45, 2.75) is 6.18 Å². The lowest BCUT2D eigenvalue weighted by molar-refractivity contribution is -0.192. The zero-order valence-corrected chi connectivity index (χ0v) is 18.9. The van der Waals surface area contributed by atoms with E-state index in [0.717, 1.165) is 38.3 Å². The lowest BCUT2D eigenvalue weighted by Crippen LogP contribution is -2.45. The van der Waals surface area contributed by atoms with Crippen molar-refractivity contribution in [1.29, 1.82) is 0 Å². The van der Waals surface area contributed by atoms with E-state index in [1.807, 2.05) is 30.3 Å². The molecule has 0 atom stereocenters. The lowest BCUT2D eigenvalue weighted by atomic mass is 10.1. The molecule has 2 heterocycles. The molecular formula is C24H25F4N3O4. The second kappa shape index (κ2) is 11.3. The Morgan fingerprint density at radius 2 is 1.69 bits per heavy atom. The van der Waals surface area contributed by atoms with Gasteiger partial charge in [0, 0.05) is 43.7 Å². The van der Waals surface area contributed by atoms with E-state index in [9.17, 15) is 22.4 Å². The number of pyridine rings is 1. The maximum Gasteiger partial charge on any atom is 0.490 e. The number of halogens is 4. The predicted molar refractivity (Wildman–Crippen MR) is 123 cm³/mol. The summed E-state index contributed by atoms with van der Waals surface area (Å²) in [4.78, 5) is 29.0. The topological polar surface area (TPSA) is 85.9 Å². The fraction of sp³-hybridized carbons (Fsp3) is 0.333. The summed E-state index contributed by atoms with van der Waals surface area (Å²) in [6, 6.07) is 13.8. The molecule has 1 saturated heterocycles. The molecule has 0 bridgehead atoms. The standard InChI is InChI=1S/C22H24FN3O2.C2HF3O2/c1-25-9-11-26(12-10-25)13-14-28-21-18-8-7-17(23)15-19(18)22(27)24-20(21)16-5-3-2-4-6-16;3-2(4,5)1(6)7/h2-8,15H,9-14H2,1H3,(H,24,27);(H,6,7). The second-order valence-electron chi connectivity index (χ2n) is 8.01. The van der Waals surface area contributed by atoms with Gasteiger partial charge in [-0.2, -0.15) is 13.2 Å². The summed E-state index contributed by atoms with van der Waals surface area (Å²) >= 11 is 0. The molecule has 0 unspecified atom stereocenters. The van der Waals surface area contributed by atoms with Crippen LogP contribution in [0.25, 0.3) is 22.0 Å². The summed E-state index contributed by atoms with van der Waals surface area (Å²) in [5.74, 6) is -2.60. The summed E-state index contributed by atoms with van der Waals surface area (Å²) in [6.07, 6.45) is -5.08. The van der Waals surface area contributed by atoms with E-state index in [-0.39, 0.29) is 5.56 Å². The van der Waals surface area contributed by atoms with Crippen molar-refractivity contribution in [3.05, 3.63) is 64.7 Å². The molecule has 35 heavy (non-hydrogen) atoms. The van der Waals surface area contributed by atoms with Crippen LogP contribution < -0.4 is 10.3 Å². The number of carbonyl (C=O) groups is 1. The number of carboxylic acid groups (broad SMARTS) is 1. The van der Waals surface area contributed by atoms with Gasteiger partial charge in [-0.1, -0.05) is 30.3 Å². The first-order chi connectivity index (χ1) is 16.6. The number of carboxylic acids is 1. The minimum atomic E-state index is -5.08. The molecule has 188 valence electrons. The van der Waals surface area contributed by atoms with E-state index >= 15 is 0 Å². The highest BCUT2D eigenvalue weighted by molar-refractivity contribution is 5.92. The van der Waals surface area contributed by atoms with E-state index in [4.69, 9.17) is 14.6 Å². The summed E-state index contributed by atoms with van der Waals surface area (Å²) in [7, 11) is 2.13. The van der Waals surface area contributed by atoms with E-state index in [1.165, 1.54) is 12.1 Å². The van der Waals surface area contributed by atoms with Crippen molar-refractivity contribution in [3.63, 3.8) is 0 Å². The van der Waals surface area contributed by atoms with Crippen LogP contribution in [0.5, 0.6) is 5.75 Å². The Balaban J connectivity index is 0.000000429. The summed E-state index contributed by atoms with van der Waals surface area (Å²) < 4.78 is 51.6. The molecule has 1 aliphatic rings. The summed E-state index contributed by atoms with van der Waals surface area (Å²) in [5.41, 5.74) is 1.17. The molecule has 3 aromatic rings. The molecule has 4 rings (SSSR count). The number of benzene rings is 2. The van der Waals surface area contributed by atoms with Crippen LogP contribution in [0.3, 0.4) is 0 Å². The number of aromatic nitrogens is 1. The molecule has 0 spiro atoms. The number of likely N-dealkylation sites (N-methyl/N-ethyl adjacent to an activating group) is 1. The van der Waals surface area contributed by atoms with Gasteiger partial charge in [0.25, 0.3) is 5.56 Å². The van der Waals surface area contributed by atoms with Crippen molar-refractivity contribution < 1.29 is 32.2 Å². The number of hydrogen-bond acceptors (Lipinski definition) is 5. The van der Waals surface area contributed by atoms with Gasteiger partial charge < -0.3 is 19.7 Å². The van der Waals surface area contributed by atoms with Crippen LogP contribution in [0.1, 0.15) is 0 Å². The quantitative estimate of drug-likeness (QED) is 0.527. The number of ether oxygens (including phenoxy) is 1. The third kappa shape index (κ3) is 7.03. The molecule has 0 aliphatic carbocycles. The SMILES string of the molecule is CN1CCN(CCOc2c(-c3ccccc3)[nH]c(=O)c3cc(F)ccc23)CC1.O=C(O)C(F)(F)F. The first-order valence-electron chi connectivity index (χ1n) is 10.8. The molecule has 1 aliphatic heterocycles. The molecule has 2 aromatic carbocycles. The monoisotopic (exact) mass is 495 g/mol. The second-order valence-corrected chi connectivity index (χ2v) is 8.01. The van der Waals surface area contributed by atoms with Crippen LogP contribution in [0.4, 0.5) is 17.6 Å². The van der Waals surface area contributed by atoms with Gasteiger partial charge in [-0.3, -0.25) is 9.69 Å². The van der Waals surface area contributed by atoms with Crippen LogP contribution >= 0.6 is 0 Å². The Morgan fingerprint density at radius 1 is 1.06 bits per heavy atom. The Hall–Kier alpha value is -3.44. The first-order valence-corrected chi connectivity index (χ1v) is 10.8. The van der Waals surface area contributed by atoms with Crippen molar-refractivity contribution in [2.75, 3.05) is 46.4 Å². The van der Waals surface area contributed by atoms with Crippen LogP contribution in [-0.4, -0.2) is 78.4 Å². The number of aliphatic carboxylic acids is 1. The molecular weight excluding hydrogens is 470 g/mol. The highest BCUT2D eigenvalue weighted by Gasteiger charge is 2.38. The normalized spacial score (nSPS) is 14.9. The van der Waals surface area contributed by atoms with E-state index < -0.39 is 18.0 Å². The van der Waals surface area contributed by atoms with Crippen LogP contribution in [0, 0.1) is 5.82 Å². The molecule has 0 amide bonds. The van der Waals surface area contributed by atoms with Gasteiger partial charge in [-0.05, 0) is 25.2 Å². The van der Waals surface area contributed by atoms with Gasteiger partial charge in [0.15, 0.2) is 5.75 Å². The van der Waals surface area contributed by atoms with Gasteiger partial charge >= 0.3 is 12.1 Å². The lowest BCUT2D eigenvalue weighted by Gasteiger charge is -2.32. The van der Waals surface area contributed by atoms with Crippen molar-refractivity contribution in [3.8, 4) is 17.0 Å². The zero-order chi connectivity index (χ0) is 25.6. The Morgan fingerprint density at radius 3 is 2.29 bits per heavy atom. The summed E-state index contributed by atoms with van der Waals surface area (Å²) in [6.45, 7) is 5.45. The number of nitrogens with zero attached hydrogens (tertiary/aromatic N) is 2. The van der Waals surface area contributed by atoms with E-state index in [2.05, 4.69) is 21.8 Å². The van der Waals surface area contributed by atoms with Gasteiger partial charge in [-0.25, -0.2) is 9.18 Å². The number of aromatic amines is 1. The van der Waals surface area contributed by atoms with Crippen molar-refractivity contribution in [1.82, 2.24) is 14.8 Å². The number of hydrogen-bond donors (Lipinski definition) is 2. The maximum absolute atomic E-state index is 13.7. The number of alkyl halides is 3. The Bertz CT molecular complexity index is 1210. The third-order valence-electron chi connectivity index (χ3n) is 5.49. The number of fused-ring (bicyclic) bond motifs is 1. The van der Waals surface area contributed by atoms with Crippen molar-refractivity contribution in [2.24, 2.45) is 0 Å². The predicted octanol–water partition coefficient (Wildman–Crippen LogP) is 3.59. The average Bonchev–Trinajstić information content (AvgIpc) is 2.82. The minimum Gasteiger partial charge on any atom is -0.489 e. The molecule has 7 nitrogen and oxygen atoms in total. The fourth-order valence-corrected chi connectivity index (χ4v) is 3.58. The van der Waals surface area contributed by atoms with Crippen LogP contribution in [-0.2, 0) is 4.79 Å². The smallest absolute Gasteiger partial charge is 0.489 e. The molecule has 11 heteroatoms. The highest BCUT2D eigenvalue weighted by Crippen LogP contribution is 2.33. The van der Waals surface area contributed by atoms with Crippen LogP contribution in [0.15, 0.2) is 53.3 Å². The molecule has 0 saturated carbocycles. The largest absolute Gasteiger partial charge is 0.490 e. The van der Waals surface area contributed by atoms with Crippen molar-refractivity contribution >= 4 is 16.7 Å². The first kappa shape index (κ1) is 26.2. The third-order valence-corrected chi connectivity index (χ3v) is 5.49. The molecule has 1 fully saturated rings. The zero-order valence-electron chi connectivity index (χ0n) is 18.9. The fourth-order valence-electron chi connectivity index (χ4n) is 3.58. The maximum atomic E-state index is 13.7. The average molecular weight is 495 g/mol. The Labute approximate surface area is 198 Å². The van der Waals surface area contributed by atoms with Gasteiger partial charge in [-0.15, -0.1) is 0 Å². The number of rotatable bonds is 5. The Kier molecular flexibility index (Phi) is 8.47. The number of nitrogens with one attached hydrogen (secondary N) is 1. The highest BCUT2D eigenvalue weighted by atomic mass is 19.4. The number of piperazine rings is 1.